The van der Waals surface area contributed by atoms with Crippen LogP contribution in [-0.4, -0.2) is 25.4 Å². The zero-order chi connectivity index (χ0) is 19.9. The van der Waals surface area contributed by atoms with Crippen LogP contribution >= 0.6 is 0 Å². The second-order valence-electron chi connectivity index (χ2n) is 5.28. The zero-order valence-electron chi connectivity index (χ0n) is 14.4. The third kappa shape index (κ3) is 6.65. The first kappa shape index (κ1) is 20.8. The number of benzene rings is 2. The lowest BCUT2D eigenvalue weighted by Crippen LogP contribution is -2.77. The van der Waals surface area contributed by atoms with Crippen LogP contribution in [0.4, 0.5) is 0 Å². The molecule has 3 aromatic rings. The van der Waals surface area contributed by atoms with Crippen LogP contribution in [0.15, 0.2) is 59.0 Å². The van der Waals surface area contributed by atoms with Crippen molar-refractivity contribution in [3.63, 3.8) is 0 Å². The molecular weight excluding hydrogens is 378 g/mol. The molecule has 0 saturated heterocycles. The van der Waals surface area contributed by atoms with Crippen LogP contribution in [0.3, 0.4) is 0 Å². The maximum absolute atomic E-state index is 9.08. The number of hydrogen-bond donors (Lipinski definition) is 2. The molecule has 0 saturated carbocycles. The van der Waals surface area contributed by atoms with Crippen LogP contribution in [0.5, 0.6) is 5.75 Å². The topological polar surface area (TPSA) is 149 Å². The zero-order valence-corrected chi connectivity index (χ0v) is 15.1. The van der Waals surface area contributed by atoms with E-state index in [-0.39, 0.29) is 6.61 Å². The summed E-state index contributed by atoms with van der Waals surface area (Å²) in [5.41, 5.74) is 1.77. The summed E-state index contributed by atoms with van der Waals surface area (Å²) in [6.07, 6.45) is 0. The fourth-order valence-corrected chi connectivity index (χ4v) is 2.37. The predicted molar refractivity (Wildman–Crippen MR) is 84.3 cm³/mol. The normalized spacial score (nSPS) is 11.9. The van der Waals surface area contributed by atoms with Gasteiger partial charge in [-0.1, -0.05) is 30.3 Å². The first-order valence-corrected chi connectivity index (χ1v) is 9.02. The van der Waals surface area contributed by atoms with Gasteiger partial charge in [-0.25, -0.2) is 23.6 Å². The van der Waals surface area contributed by atoms with E-state index in [9.17, 15) is 0 Å². The molecule has 0 spiro atoms. The molecule has 9 heteroatoms. The molecule has 0 bridgehead atoms. The number of ether oxygens (including phenoxy) is 1. The van der Waals surface area contributed by atoms with E-state index in [1.807, 2.05) is 54.6 Å². The van der Waals surface area contributed by atoms with E-state index in [1.165, 1.54) is 0 Å². The second kappa shape index (κ2) is 9.47. The van der Waals surface area contributed by atoms with E-state index in [2.05, 4.69) is 4.99 Å². The van der Waals surface area contributed by atoms with Crippen LogP contribution in [0.25, 0.3) is 22.3 Å². The third-order valence-electron chi connectivity index (χ3n) is 3.46. The van der Waals surface area contributed by atoms with Gasteiger partial charge < -0.3 is 14.3 Å². The van der Waals surface area contributed by atoms with Gasteiger partial charge in [0.2, 0.25) is 5.36 Å². The highest BCUT2D eigenvalue weighted by molar-refractivity contribution is 5.79. The van der Waals surface area contributed by atoms with Gasteiger partial charge in [0.05, 0.1) is 18.6 Å². The van der Waals surface area contributed by atoms with Crippen LogP contribution in [0.1, 0.15) is 0 Å². The number of methoxy groups -OCH3 is 1. The maximum atomic E-state index is 9.08. The number of nitrogens with one attached hydrogen (secondary N) is 1. The number of rotatable bonds is 4. The monoisotopic (exact) mass is 395 g/mol. The minimum absolute atomic E-state index is 0.0676. The van der Waals surface area contributed by atoms with Crippen molar-refractivity contribution >= 4 is 11.0 Å². The quantitative estimate of drug-likeness (QED) is 0.462. The molecule has 0 fully saturated rings. The second-order valence-corrected chi connectivity index (χ2v) is 6.04. The fourth-order valence-electron chi connectivity index (χ4n) is 2.37. The lowest BCUT2D eigenvalue weighted by molar-refractivity contribution is -2.00. The molecule has 1 aromatic heterocycles. The van der Waals surface area contributed by atoms with E-state index >= 15 is 0 Å². The molecule has 144 valence electrons. The standard InChI is InChI=1S/C18H17NO3.ClHO4/c1-21-14-7-8-17-15(11-14)16(19-9-10-20)12-18(22-17)13-5-3-2-4-6-13;2-1(3,4)5/h2-8,11-12,20H,9-10H2,1H3;(H,2,3,4,5). The highest BCUT2D eigenvalue weighted by Gasteiger charge is 2.09. The summed E-state index contributed by atoms with van der Waals surface area (Å²) in [7, 11) is -3.31. The van der Waals surface area contributed by atoms with Crippen LogP contribution in [-0.2, 0) is 0 Å². The Kier molecular flexibility index (Phi) is 7.31. The van der Waals surface area contributed by atoms with Gasteiger partial charge in [-0.2, -0.15) is 0 Å². The van der Waals surface area contributed by atoms with Crippen molar-refractivity contribution < 1.29 is 48.1 Å². The summed E-state index contributed by atoms with van der Waals surface area (Å²) in [5.74, 6) is 1.54. The fraction of sp³-hybridized carbons (Fsp3) is 0.167. The Labute approximate surface area is 157 Å². The molecule has 1 heterocycles. The van der Waals surface area contributed by atoms with Crippen LogP contribution < -0.4 is 33.7 Å². The molecule has 0 aliphatic carbocycles. The van der Waals surface area contributed by atoms with Gasteiger partial charge >= 0.3 is 0 Å². The SMILES string of the molecule is COc1ccc2oc(-c3ccccc3)cc(=[NH+]CCO)c2c1.[O-][Cl+3]([O-])([O-])[O-]. The molecule has 0 aliphatic rings. The number of halogens is 1. The van der Waals surface area contributed by atoms with Gasteiger partial charge in [-0.3, -0.25) is 0 Å². The van der Waals surface area contributed by atoms with Crippen molar-refractivity contribution in [2.45, 2.75) is 0 Å². The van der Waals surface area contributed by atoms with Gasteiger partial charge in [0.15, 0.2) is 6.54 Å². The average molecular weight is 396 g/mol. The summed E-state index contributed by atoms with van der Waals surface area (Å²) in [6.45, 7) is 0.544. The minimum Gasteiger partial charge on any atom is -0.497 e. The van der Waals surface area contributed by atoms with Crippen molar-refractivity contribution in [1.82, 2.24) is 0 Å². The molecule has 0 atom stereocenters. The molecule has 0 amide bonds. The van der Waals surface area contributed by atoms with E-state index in [0.717, 1.165) is 33.4 Å². The van der Waals surface area contributed by atoms with Crippen LogP contribution in [0, 0.1) is 10.2 Å². The Bertz CT molecular complexity index is 930. The predicted octanol–water partition coefficient (Wildman–Crippen LogP) is -3.67. The van der Waals surface area contributed by atoms with Crippen molar-refractivity contribution in [3.05, 3.63) is 60.0 Å². The van der Waals surface area contributed by atoms with Crippen molar-refractivity contribution in [3.8, 4) is 17.1 Å². The summed E-state index contributed by atoms with van der Waals surface area (Å²) < 4.78 is 45.3. The maximum Gasteiger partial charge on any atom is 0.213 e. The number of aliphatic hydroxyl groups is 1. The van der Waals surface area contributed by atoms with Crippen molar-refractivity contribution in [2.75, 3.05) is 20.3 Å². The van der Waals surface area contributed by atoms with Gasteiger partial charge in [0, 0.05) is 5.56 Å². The van der Waals surface area contributed by atoms with E-state index in [4.69, 9.17) is 32.9 Å². The number of fused-ring (bicyclic) bond motifs is 1. The summed E-state index contributed by atoms with van der Waals surface area (Å²) in [5, 5.41) is 10.9. The lowest BCUT2D eigenvalue weighted by Gasteiger charge is -2.17. The Balaban J connectivity index is 0.000000465. The van der Waals surface area contributed by atoms with Crippen molar-refractivity contribution in [1.29, 1.82) is 0 Å². The Morgan fingerprint density at radius 1 is 1.04 bits per heavy atom. The van der Waals surface area contributed by atoms with Crippen LogP contribution in [0.2, 0.25) is 0 Å². The van der Waals surface area contributed by atoms with Gasteiger partial charge in [0.25, 0.3) is 0 Å². The minimum atomic E-state index is -4.94. The van der Waals surface area contributed by atoms with E-state index < -0.39 is 10.2 Å². The largest absolute Gasteiger partial charge is 0.497 e. The molecule has 2 aromatic carbocycles. The summed E-state index contributed by atoms with van der Waals surface area (Å²) >= 11 is 0. The van der Waals surface area contributed by atoms with Gasteiger partial charge in [-0.05, 0) is 18.2 Å². The highest BCUT2D eigenvalue weighted by Crippen LogP contribution is 2.23. The molecule has 3 rings (SSSR count). The van der Waals surface area contributed by atoms with Gasteiger partial charge in [-0.15, -0.1) is 10.2 Å². The number of hydrogen-bond acceptors (Lipinski definition) is 7. The molecular formula is C18H18ClNO7. The summed E-state index contributed by atoms with van der Waals surface area (Å²) in [6, 6.07) is 17.6. The molecule has 0 aliphatic heterocycles. The highest BCUT2D eigenvalue weighted by atomic mass is 35.7. The first-order valence-electron chi connectivity index (χ1n) is 7.78. The molecule has 8 nitrogen and oxygen atoms in total. The summed E-state index contributed by atoms with van der Waals surface area (Å²) in [4.78, 5) is 3.23. The number of aliphatic hydroxyl groups excluding tert-OH is 1. The Morgan fingerprint density at radius 3 is 2.30 bits per heavy atom. The molecule has 0 radical (unpaired) electrons. The first-order chi connectivity index (χ1) is 12.8. The average Bonchev–Trinajstić information content (AvgIpc) is 2.65. The molecule has 0 unspecified atom stereocenters. The van der Waals surface area contributed by atoms with Crippen molar-refractivity contribution in [2.24, 2.45) is 0 Å². The third-order valence-corrected chi connectivity index (χ3v) is 3.46. The van der Waals surface area contributed by atoms with E-state index in [1.54, 1.807) is 7.11 Å². The van der Waals surface area contributed by atoms with Gasteiger partial charge in [0.1, 0.15) is 23.7 Å². The smallest absolute Gasteiger partial charge is 0.213 e. The van der Waals surface area contributed by atoms with E-state index in [0.29, 0.717) is 6.54 Å². The Hall–Kier alpha value is -2.46. The lowest BCUT2D eigenvalue weighted by atomic mass is 10.1. The molecule has 2 N–H and O–H groups in total. The Morgan fingerprint density at radius 2 is 1.70 bits per heavy atom. The molecule has 27 heavy (non-hydrogen) atoms.